The number of benzene rings is 1. The van der Waals surface area contributed by atoms with Crippen molar-refractivity contribution in [3.8, 4) is 17.2 Å². The monoisotopic (exact) mass is 239 g/mol. The summed E-state index contributed by atoms with van der Waals surface area (Å²) in [6, 6.07) is 3.71. The number of methoxy groups -OCH3 is 2. The van der Waals surface area contributed by atoms with Crippen LogP contribution in [-0.4, -0.2) is 44.9 Å². The van der Waals surface area contributed by atoms with Gasteiger partial charge in [-0.1, -0.05) is 0 Å². The lowest BCUT2D eigenvalue weighted by atomic mass is 10.1. The van der Waals surface area contributed by atoms with Gasteiger partial charge >= 0.3 is 0 Å². The quantitative estimate of drug-likeness (QED) is 0.823. The van der Waals surface area contributed by atoms with Gasteiger partial charge in [-0.15, -0.1) is 0 Å². The zero-order chi connectivity index (χ0) is 12.8. The molecule has 0 aliphatic carbocycles. The van der Waals surface area contributed by atoms with E-state index in [1.807, 2.05) is 12.1 Å². The highest BCUT2D eigenvalue weighted by Crippen LogP contribution is 2.37. The van der Waals surface area contributed by atoms with Gasteiger partial charge in [-0.25, -0.2) is 0 Å². The fraction of sp³-hybridized carbons (Fsp3) is 0.538. The van der Waals surface area contributed by atoms with Gasteiger partial charge in [0, 0.05) is 0 Å². The summed E-state index contributed by atoms with van der Waals surface area (Å²) < 4.78 is 10.2. The number of phenolic OH excluding ortho intramolecular Hbond substituents is 1. The molecule has 0 unspecified atom stereocenters. The van der Waals surface area contributed by atoms with E-state index in [1.54, 1.807) is 0 Å². The smallest absolute Gasteiger partial charge is 0.200 e. The fourth-order valence-electron chi connectivity index (χ4n) is 1.69. The maximum atomic E-state index is 9.77. The maximum absolute atomic E-state index is 9.77. The van der Waals surface area contributed by atoms with Crippen molar-refractivity contribution in [2.45, 2.75) is 12.8 Å². The van der Waals surface area contributed by atoms with Gasteiger partial charge < -0.3 is 19.5 Å². The van der Waals surface area contributed by atoms with E-state index in [0.29, 0.717) is 11.5 Å². The average molecular weight is 239 g/mol. The summed E-state index contributed by atoms with van der Waals surface area (Å²) in [6.07, 6.45) is 2.00. The second-order valence-corrected chi connectivity index (χ2v) is 4.26. The Balaban J connectivity index is 2.78. The van der Waals surface area contributed by atoms with E-state index in [-0.39, 0.29) is 5.75 Å². The number of phenols is 1. The molecular weight excluding hydrogens is 218 g/mol. The maximum Gasteiger partial charge on any atom is 0.200 e. The predicted molar refractivity (Wildman–Crippen MR) is 68.1 cm³/mol. The van der Waals surface area contributed by atoms with E-state index >= 15 is 0 Å². The standard InChI is InChI=1S/C13H21NO3/c1-14(2)7-5-6-10-8-11(16-3)13(15)12(9-10)17-4/h8-9,15H,5-7H2,1-4H3. The Hall–Kier alpha value is -1.42. The molecule has 0 atom stereocenters. The molecule has 0 bridgehead atoms. The third-order valence-electron chi connectivity index (χ3n) is 2.61. The molecule has 0 aliphatic rings. The lowest BCUT2D eigenvalue weighted by Crippen LogP contribution is -2.13. The molecule has 4 nitrogen and oxygen atoms in total. The van der Waals surface area contributed by atoms with Crippen molar-refractivity contribution >= 4 is 0 Å². The molecular formula is C13H21NO3. The van der Waals surface area contributed by atoms with Crippen molar-refractivity contribution in [2.75, 3.05) is 34.9 Å². The van der Waals surface area contributed by atoms with Gasteiger partial charge in [0.1, 0.15) is 0 Å². The second-order valence-electron chi connectivity index (χ2n) is 4.26. The van der Waals surface area contributed by atoms with Crippen molar-refractivity contribution in [1.29, 1.82) is 0 Å². The van der Waals surface area contributed by atoms with Gasteiger partial charge in [-0.3, -0.25) is 0 Å². The Morgan fingerprint density at radius 1 is 1.12 bits per heavy atom. The number of aromatic hydroxyl groups is 1. The van der Waals surface area contributed by atoms with Crippen LogP contribution in [0.5, 0.6) is 17.2 Å². The van der Waals surface area contributed by atoms with Crippen LogP contribution < -0.4 is 9.47 Å². The Morgan fingerprint density at radius 2 is 1.65 bits per heavy atom. The number of nitrogens with zero attached hydrogens (tertiary/aromatic N) is 1. The van der Waals surface area contributed by atoms with E-state index in [0.717, 1.165) is 24.9 Å². The summed E-state index contributed by atoms with van der Waals surface area (Å²) in [5, 5.41) is 9.77. The molecule has 1 rings (SSSR count). The van der Waals surface area contributed by atoms with Gasteiger partial charge in [0.2, 0.25) is 5.75 Å². The van der Waals surface area contributed by atoms with Crippen LogP contribution in [-0.2, 0) is 6.42 Å². The third-order valence-corrected chi connectivity index (χ3v) is 2.61. The van der Waals surface area contributed by atoms with Crippen LogP contribution in [0.1, 0.15) is 12.0 Å². The fourth-order valence-corrected chi connectivity index (χ4v) is 1.69. The molecule has 1 aromatic rings. The summed E-state index contributed by atoms with van der Waals surface area (Å²) in [4.78, 5) is 2.15. The highest BCUT2D eigenvalue weighted by molar-refractivity contribution is 5.52. The summed E-state index contributed by atoms with van der Waals surface area (Å²) >= 11 is 0. The Morgan fingerprint density at radius 3 is 2.06 bits per heavy atom. The van der Waals surface area contributed by atoms with E-state index in [9.17, 15) is 5.11 Å². The van der Waals surface area contributed by atoms with Crippen molar-refractivity contribution in [2.24, 2.45) is 0 Å². The Kier molecular flexibility index (Phi) is 5.10. The molecule has 0 aliphatic heterocycles. The molecule has 0 saturated carbocycles. The van der Waals surface area contributed by atoms with E-state index in [4.69, 9.17) is 9.47 Å². The molecule has 0 fully saturated rings. The van der Waals surface area contributed by atoms with Gasteiger partial charge in [-0.2, -0.15) is 0 Å². The minimum absolute atomic E-state index is 0.0614. The summed E-state index contributed by atoms with van der Waals surface area (Å²) in [5.41, 5.74) is 1.11. The normalized spacial score (nSPS) is 10.6. The Labute approximate surface area is 103 Å². The molecule has 0 radical (unpaired) electrons. The van der Waals surface area contributed by atoms with Crippen LogP contribution in [0.15, 0.2) is 12.1 Å². The second kappa shape index (κ2) is 6.35. The lowest BCUT2D eigenvalue weighted by Gasteiger charge is -2.12. The van der Waals surface area contributed by atoms with Crippen molar-refractivity contribution < 1.29 is 14.6 Å². The highest BCUT2D eigenvalue weighted by atomic mass is 16.5. The van der Waals surface area contributed by atoms with Gasteiger partial charge in [0.25, 0.3) is 0 Å². The van der Waals surface area contributed by atoms with Crippen LogP contribution in [0.3, 0.4) is 0 Å². The summed E-state index contributed by atoms with van der Waals surface area (Å²) in [6.45, 7) is 1.03. The molecule has 0 amide bonds. The van der Waals surface area contributed by atoms with Crippen molar-refractivity contribution in [3.63, 3.8) is 0 Å². The van der Waals surface area contributed by atoms with Crippen LogP contribution in [0.2, 0.25) is 0 Å². The first-order chi connectivity index (χ1) is 8.08. The zero-order valence-corrected chi connectivity index (χ0v) is 11.0. The van der Waals surface area contributed by atoms with Crippen LogP contribution >= 0.6 is 0 Å². The topological polar surface area (TPSA) is 41.9 Å². The molecule has 1 N–H and O–H groups in total. The summed E-state index contributed by atoms with van der Waals surface area (Å²) in [5.74, 6) is 0.986. The van der Waals surface area contributed by atoms with Gasteiger partial charge in [0.05, 0.1) is 14.2 Å². The van der Waals surface area contributed by atoms with E-state index in [2.05, 4.69) is 19.0 Å². The minimum Gasteiger partial charge on any atom is -0.502 e. The molecule has 96 valence electrons. The zero-order valence-electron chi connectivity index (χ0n) is 11.0. The number of hydrogen-bond donors (Lipinski definition) is 1. The lowest BCUT2D eigenvalue weighted by molar-refractivity contribution is 0.338. The van der Waals surface area contributed by atoms with Crippen molar-refractivity contribution in [3.05, 3.63) is 17.7 Å². The molecule has 0 spiro atoms. The number of ether oxygens (including phenoxy) is 2. The number of aryl methyl sites for hydroxylation is 1. The molecule has 17 heavy (non-hydrogen) atoms. The number of hydrogen-bond acceptors (Lipinski definition) is 4. The molecule has 0 saturated heterocycles. The minimum atomic E-state index is 0.0614. The van der Waals surface area contributed by atoms with Crippen LogP contribution in [0, 0.1) is 0 Å². The van der Waals surface area contributed by atoms with E-state index < -0.39 is 0 Å². The summed E-state index contributed by atoms with van der Waals surface area (Å²) in [7, 11) is 7.19. The van der Waals surface area contributed by atoms with Crippen LogP contribution in [0.25, 0.3) is 0 Å². The van der Waals surface area contributed by atoms with Gasteiger partial charge in [-0.05, 0) is 51.2 Å². The average Bonchev–Trinajstić information content (AvgIpc) is 2.30. The first-order valence-corrected chi connectivity index (χ1v) is 5.67. The SMILES string of the molecule is COc1cc(CCCN(C)C)cc(OC)c1O. The van der Waals surface area contributed by atoms with Crippen LogP contribution in [0.4, 0.5) is 0 Å². The highest BCUT2D eigenvalue weighted by Gasteiger charge is 2.10. The third kappa shape index (κ3) is 3.82. The first-order valence-electron chi connectivity index (χ1n) is 5.67. The molecule has 1 aromatic carbocycles. The Bertz CT molecular complexity index is 339. The molecule has 0 aromatic heterocycles. The first kappa shape index (κ1) is 13.6. The molecule has 0 heterocycles. The van der Waals surface area contributed by atoms with Crippen molar-refractivity contribution in [1.82, 2.24) is 4.90 Å². The van der Waals surface area contributed by atoms with E-state index in [1.165, 1.54) is 14.2 Å². The predicted octanol–water partition coefficient (Wildman–Crippen LogP) is 1.90. The molecule has 4 heteroatoms. The largest absolute Gasteiger partial charge is 0.502 e. The van der Waals surface area contributed by atoms with Gasteiger partial charge in [0.15, 0.2) is 11.5 Å². The number of rotatable bonds is 6.